The van der Waals surface area contributed by atoms with Crippen molar-refractivity contribution in [2.75, 3.05) is 7.11 Å². The highest BCUT2D eigenvalue weighted by molar-refractivity contribution is 7.96. The second-order valence-corrected chi connectivity index (χ2v) is 3.23. The topological polar surface area (TPSA) is 55.4 Å². The number of hydrogen-bond donors (Lipinski definition) is 2. The Morgan fingerprint density at radius 1 is 1.58 bits per heavy atom. The molecule has 0 aliphatic heterocycles. The van der Waals surface area contributed by atoms with Crippen molar-refractivity contribution in [3.05, 3.63) is 0 Å². The molecule has 0 radical (unpaired) electrons. The maximum absolute atomic E-state index is 10.9. The van der Waals surface area contributed by atoms with Gasteiger partial charge in [-0.15, -0.1) is 12.6 Å². The number of carbonyl (C=O) groups excluding carboxylic acids is 2. The zero-order valence-electron chi connectivity index (χ0n) is 6.74. The van der Waals surface area contributed by atoms with Crippen LogP contribution in [0.15, 0.2) is 0 Å². The zero-order chi connectivity index (χ0) is 9.14. The van der Waals surface area contributed by atoms with E-state index in [2.05, 4.69) is 22.7 Å². The lowest BCUT2D eigenvalue weighted by Gasteiger charge is -2.12. The van der Waals surface area contributed by atoms with Gasteiger partial charge in [-0.1, -0.05) is 0 Å². The quantitative estimate of drug-likeness (QED) is 0.638. The van der Waals surface area contributed by atoms with Gasteiger partial charge in [-0.25, -0.2) is 4.79 Å². The van der Waals surface area contributed by atoms with E-state index in [1.807, 2.05) is 0 Å². The summed E-state index contributed by atoms with van der Waals surface area (Å²) < 4.78 is 4.37. The van der Waals surface area contributed by atoms with E-state index in [1.165, 1.54) is 7.11 Å². The molecule has 0 aromatic heterocycles. The van der Waals surface area contributed by atoms with Crippen LogP contribution in [-0.4, -0.2) is 24.4 Å². The Hall–Kier alpha value is -0.710. The van der Waals surface area contributed by atoms with Crippen LogP contribution in [0.4, 0.5) is 4.79 Å². The second-order valence-electron chi connectivity index (χ2n) is 2.79. The minimum atomic E-state index is -0.575. The normalized spacial score (nSPS) is 18.2. The molecule has 0 bridgehead atoms. The zero-order valence-corrected chi connectivity index (χ0v) is 7.64. The molecule has 1 amide bonds. The van der Waals surface area contributed by atoms with E-state index in [-0.39, 0.29) is 11.0 Å². The summed E-state index contributed by atoms with van der Waals surface area (Å²) in [6, 6.07) is -0.471. The molecule has 1 fully saturated rings. The van der Waals surface area contributed by atoms with Crippen LogP contribution in [0, 0.1) is 5.92 Å². The van der Waals surface area contributed by atoms with Crippen molar-refractivity contribution in [1.82, 2.24) is 5.32 Å². The van der Waals surface area contributed by atoms with E-state index in [0.717, 1.165) is 12.8 Å². The number of ether oxygens (including phenoxy) is 1. The van der Waals surface area contributed by atoms with Crippen molar-refractivity contribution < 1.29 is 14.3 Å². The summed E-state index contributed by atoms with van der Waals surface area (Å²) in [4.78, 5) is 21.6. The van der Waals surface area contributed by atoms with E-state index in [9.17, 15) is 9.59 Å². The number of thiol groups is 1. The van der Waals surface area contributed by atoms with E-state index in [4.69, 9.17) is 0 Å². The van der Waals surface area contributed by atoms with Crippen molar-refractivity contribution >= 4 is 23.8 Å². The molecule has 1 aliphatic carbocycles. The monoisotopic (exact) mass is 189 g/mol. The lowest BCUT2D eigenvalue weighted by Crippen LogP contribution is -2.40. The van der Waals surface area contributed by atoms with E-state index < -0.39 is 12.1 Å². The van der Waals surface area contributed by atoms with Crippen LogP contribution >= 0.6 is 12.6 Å². The maximum atomic E-state index is 10.9. The molecule has 1 saturated carbocycles. The molecule has 1 N–H and O–H groups in total. The van der Waals surface area contributed by atoms with Gasteiger partial charge in [0.1, 0.15) is 6.04 Å². The Kier molecular flexibility index (Phi) is 2.97. The smallest absolute Gasteiger partial charge is 0.407 e. The third-order valence-electron chi connectivity index (χ3n) is 1.82. The molecule has 1 atom stereocenters. The summed E-state index contributed by atoms with van der Waals surface area (Å²) in [7, 11) is 1.27. The van der Waals surface area contributed by atoms with Gasteiger partial charge in [-0.3, -0.25) is 4.79 Å². The van der Waals surface area contributed by atoms with Gasteiger partial charge in [0.25, 0.3) is 0 Å². The van der Waals surface area contributed by atoms with Gasteiger partial charge in [0.15, 0.2) is 0 Å². The standard InChI is InChI=1S/C7H11NO3S/c1-11-7(10)8-5(6(9)12)4-2-3-4/h4-5H,2-3H2,1H3,(H,8,10)(H,9,12)/t5-/m1/s1. The summed E-state index contributed by atoms with van der Waals surface area (Å²) in [6.07, 6.45) is 1.37. The van der Waals surface area contributed by atoms with Gasteiger partial charge in [-0.05, 0) is 18.8 Å². The van der Waals surface area contributed by atoms with Gasteiger partial charge >= 0.3 is 6.09 Å². The van der Waals surface area contributed by atoms with Gasteiger partial charge < -0.3 is 10.1 Å². The molecule has 0 aromatic carbocycles. The van der Waals surface area contributed by atoms with Crippen LogP contribution in [0.3, 0.4) is 0 Å². The largest absolute Gasteiger partial charge is 0.453 e. The minimum absolute atomic E-state index is 0.258. The van der Waals surface area contributed by atoms with Crippen molar-refractivity contribution in [2.45, 2.75) is 18.9 Å². The summed E-state index contributed by atoms with van der Waals surface area (Å²) >= 11 is 3.68. The van der Waals surface area contributed by atoms with Crippen LogP contribution in [0.5, 0.6) is 0 Å². The first kappa shape index (κ1) is 9.38. The molecular weight excluding hydrogens is 178 g/mol. The van der Waals surface area contributed by atoms with Crippen LogP contribution in [0.25, 0.3) is 0 Å². The van der Waals surface area contributed by atoms with Crippen LogP contribution in [-0.2, 0) is 9.53 Å². The number of methoxy groups -OCH3 is 1. The van der Waals surface area contributed by atoms with E-state index in [0.29, 0.717) is 0 Å². The van der Waals surface area contributed by atoms with Gasteiger partial charge in [0, 0.05) is 0 Å². The lowest BCUT2D eigenvalue weighted by molar-refractivity contribution is -0.112. The van der Waals surface area contributed by atoms with E-state index in [1.54, 1.807) is 0 Å². The Morgan fingerprint density at radius 2 is 2.17 bits per heavy atom. The SMILES string of the molecule is COC(=O)N[C@@H](C(=O)S)C1CC1. The Bertz CT molecular complexity index is 203. The van der Waals surface area contributed by atoms with Crippen molar-refractivity contribution in [2.24, 2.45) is 5.92 Å². The molecular formula is C7H11NO3S. The molecule has 0 aromatic rings. The molecule has 5 heteroatoms. The van der Waals surface area contributed by atoms with Crippen LogP contribution in [0.2, 0.25) is 0 Å². The molecule has 4 nitrogen and oxygen atoms in total. The van der Waals surface area contributed by atoms with Crippen LogP contribution < -0.4 is 5.32 Å². The first-order valence-corrected chi connectivity index (χ1v) is 4.17. The highest BCUT2D eigenvalue weighted by Crippen LogP contribution is 2.33. The number of alkyl carbamates (subject to hydrolysis) is 1. The Labute approximate surface area is 76.1 Å². The highest BCUT2D eigenvalue weighted by atomic mass is 32.1. The lowest BCUT2D eigenvalue weighted by atomic mass is 10.2. The molecule has 12 heavy (non-hydrogen) atoms. The first-order chi connectivity index (χ1) is 5.65. The van der Waals surface area contributed by atoms with Gasteiger partial charge in [0.2, 0.25) is 5.12 Å². The first-order valence-electron chi connectivity index (χ1n) is 3.72. The molecule has 0 spiro atoms. The van der Waals surface area contributed by atoms with Crippen LogP contribution in [0.1, 0.15) is 12.8 Å². The molecule has 0 heterocycles. The van der Waals surface area contributed by atoms with Crippen molar-refractivity contribution in [1.29, 1.82) is 0 Å². The number of amides is 1. The Balaban J connectivity index is 2.43. The fourth-order valence-corrected chi connectivity index (χ4v) is 1.27. The van der Waals surface area contributed by atoms with Crippen molar-refractivity contribution in [3.63, 3.8) is 0 Å². The predicted octanol–water partition coefficient (Wildman–Crippen LogP) is 0.577. The summed E-state index contributed by atoms with van der Waals surface area (Å²) in [5.74, 6) is 0.258. The molecule has 0 saturated heterocycles. The summed E-state index contributed by atoms with van der Waals surface area (Å²) in [6.45, 7) is 0. The summed E-state index contributed by atoms with van der Waals surface area (Å²) in [5.41, 5.74) is 0. The number of rotatable bonds is 3. The third kappa shape index (κ3) is 2.41. The predicted molar refractivity (Wildman–Crippen MR) is 46.0 cm³/mol. The highest BCUT2D eigenvalue weighted by Gasteiger charge is 2.35. The minimum Gasteiger partial charge on any atom is -0.453 e. The molecule has 1 rings (SSSR count). The number of carbonyl (C=O) groups is 2. The molecule has 0 unspecified atom stereocenters. The molecule has 68 valence electrons. The fourth-order valence-electron chi connectivity index (χ4n) is 0.997. The van der Waals surface area contributed by atoms with Gasteiger partial charge in [0.05, 0.1) is 7.11 Å². The number of nitrogens with one attached hydrogen (secondary N) is 1. The van der Waals surface area contributed by atoms with Gasteiger partial charge in [-0.2, -0.15) is 0 Å². The van der Waals surface area contributed by atoms with E-state index >= 15 is 0 Å². The average Bonchev–Trinajstić information content (AvgIpc) is 2.81. The second kappa shape index (κ2) is 3.80. The average molecular weight is 189 g/mol. The Morgan fingerprint density at radius 3 is 2.50 bits per heavy atom. The maximum Gasteiger partial charge on any atom is 0.407 e. The molecule has 1 aliphatic rings. The fraction of sp³-hybridized carbons (Fsp3) is 0.714. The number of hydrogen-bond acceptors (Lipinski definition) is 3. The summed E-state index contributed by atoms with van der Waals surface area (Å²) in [5, 5.41) is 2.14. The van der Waals surface area contributed by atoms with Crippen molar-refractivity contribution in [3.8, 4) is 0 Å². The third-order valence-corrected chi connectivity index (χ3v) is 2.10.